The number of anilines is 1. The number of rotatable bonds is 5. The molecule has 0 saturated carbocycles. The van der Waals surface area contributed by atoms with Gasteiger partial charge in [0.05, 0.1) is 19.6 Å². The summed E-state index contributed by atoms with van der Waals surface area (Å²) in [7, 11) is 1.62. The zero-order valence-electron chi connectivity index (χ0n) is 17.6. The highest BCUT2D eigenvalue weighted by Gasteiger charge is 2.45. The van der Waals surface area contributed by atoms with Gasteiger partial charge < -0.3 is 20.3 Å². The van der Waals surface area contributed by atoms with E-state index in [1.54, 1.807) is 18.0 Å². The second-order valence-corrected chi connectivity index (χ2v) is 8.71. The van der Waals surface area contributed by atoms with Gasteiger partial charge >= 0.3 is 5.88 Å². The van der Waals surface area contributed by atoms with Crippen molar-refractivity contribution in [3.05, 3.63) is 53.1 Å². The van der Waals surface area contributed by atoms with Gasteiger partial charge in [-0.05, 0) is 23.1 Å². The zero-order chi connectivity index (χ0) is 21.5. The van der Waals surface area contributed by atoms with Crippen LogP contribution in [-0.4, -0.2) is 29.6 Å². The van der Waals surface area contributed by atoms with Crippen LogP contribution in [0.4, 0.5) is 5.82 Å². The number of fused-ring (bicyclic) bond motifs is 1. The Kier molecular flexibility index (Phi) is 5.24. The smallest absolute Gasteiger partial charge is 0.305 e. The van der Waals surface area contributed by atoms with Crippen molar-refractivity contribution in [2.75, 3.05) is 19.5 Å². The fourth-order valence-corrected chi connectivity index (χ4v) is 4.37. The highest BCUT2D eigenvalue weighted by atomic mass is 16.5. The number of ether oxygens (including phenoxy) is 2. The summed E-state index contributed by atoms with van der Waals surface area (Å²) in [5.74, 6) is 2.10. The van der Waals surface area contributed by atoms with Crippen molar-refractivity contribution in [1.29, 1.82) is 0 Å². The molecule has 1 aromatic heterocycles. The maximum absolute atomic E-state index is 13.3. The molecule has 0 saturated heterocycles. The Balaban J connectivity index is 1.90. The largest absolute Gasteiger partial charge is 0.497 e. The number of hydrogen-bond donors (Lipinski definition) is 2. The van der Waals surface area contributed by atoms with Gasteiger partial charge in [0.15, 0.2) is 5.78 Å². The van der Waals surface area contributed by atoms with E-state index in [1.807, 2.05) is 24.3 Å². The third-order valence-electron chi connectivity index (χ3n) is 5.81. The van der Waals surface area contributed by atoms with E-state index in [9.17, 15) is 9.90 Å². The molecule has 7 nitrogen and oxygen atoms in total. The Bertz CT molecular complexity index is 1010. The van der Waals surface area contributed by atoms with Gasteiger partial charge in [-0.2, -0.15) is 0 Å². The summed E-state index contributed by atoms with van der Waals surface area (Å²) in [5, 5.41) is 9.21. The van der Waals surface area contributed by atoms with Crippen LogP contribution in [-0.2, 0) is 11.3 Å². The Morgan fingerprint density at radius 3 is 2.70 bits per heavy atom. The van der Waals surface area contributed by atoms with E-state index in [1.165, 1.54) is 0 Å². The molecule has 1 aliphatic heterocycles. The lowest BCUT2D eigenvalue weighted by molar-refractivity contribution is -0.686. The number of aliphatic hydroxyl groups excluding tert-OH is 1. The standard InChI is InChI=1S/C23H27N3O4/c1-23(2)11-16(28)19-17(12-23)30-22-20(21(24)26(13-25-22)9-4-10-27)18(19)14-5-7-15(29-3)8-6-14/h5-8,13,18,24,27H,4,9-12H2,1-3H3/p+1/t18-/m0/s1. The SMILES string of the molecule is COc1ccc([C@H]2C3=C(CC(C)(C)CC3=O)Oc3nc[n+](CCCO)c(N)c32)cc1. The monoisotopic (exact) mass is 410 g/mol. The molecule has 0 unspecified atom stereocenters. The van der Waals surface area contributed by atoms with Gasteiger partial charge in [-0.1, -0.05) is 31.0 Å². The van der Waals surface area contributed by atoms with Gasteiger partial charge in [0.1, 0.15) is 17.1 Å². The summed E-state index contributed by atoms with van der Waals surface area (Å²) in [5.41, 5.74) is 8.69. The van der Waals surface area contributed by atoms with E-state index in [4.69, 9.17) is 15.2 Å². The number of Topliss-reactive ketones (excluding diaryl/α,β-unsaturated/α-hetero) is 1. The maximum Gasteiger partial charge on any atom is 0.305 e. The molecule has 0 spiro atoms. The van der Waals surface area contributed by atoms with Crippen molar-refractivity contribution in [2.45, 2.75) is 45.6 Å². The fourth-order valence-electron chi connectivity index (χ4n) is 4.37. The number of carbonyl (C=O) groups excluding carboxylic acids is 1. The number of nitrogens with zero attached hydrogens (tertiary/aromatic N) is 2. The Morgan fingerprint density at radius 2 is 2.03 bits per heavy atom. The molecule has 2 heterocycles. The molecule has 30 heavy (non-hydrogen) atoms. The topological polar surface area (TPSA) is 98.5 Å². The van der Waals surface area contributed by atoms with Gasteiger partial charge in [-0.25, -0.2) is 4.57 Å². The molecule has 0 amide bonds. The molecule has 158 valence electrons. The summed E-state index contributed by atoms with van der Waals surface area (Å²) in [4.78, 5) is 17.8. The lowest BCUT2D eigenvalue weighted by atomic mass is 9.70. The highest BCUT2D eigenvalue weighted by Crippen LogP contribution is 2.50. The molecule has 1 aliphatic carbocycles. The van der Waals surface area contributed by atoms with Gasteiger partial charge in [0.2, 0.25) is 12.1 Å². The quantitative estimate of drug-likeness (QED) is 0.735. The van der Waals surface area contributed by atoms with Crippen molar-refractivity contribution in [2.24, 2.45) is 5.41 Å². The first-order valence-electron chi connectivity index (χ1n) is 10.2. The fraction of sp³-hybridized carbons (Fsp3) is 0.435. The molecule has 0 radical (unpaired) electrons. The molecular weight excluding hydrogens is 382 g/mol. The number of aromatic nitrogens is 2. The van der Waals surface area contributed by atoms with Crippen molar-refractivity contribution >= 4 is 11.6 Å². The number of nitrogens with two attached hydrogens (primary N) is 1. The third kappa shape index (κ3) is 3.54. The van der Waals surface area contributed by atoms with Gasteiger partial charge in [0, 0.05) is 31.4 Å². The molecule has 0 fully saturated rings. The maximum atomic E-state index is 13.3. The van der Waals surface area contributed by atoms with Crippen LogP contribution in [0.1, 0.15) is 50.2 Å². The Morgan fingerprint density at radius 1 is 1.30 bits per heavy atom. The summed E-state index contributed by atoms with van der Waals surface area (Å²) in [6, 6.07) is 7.68. The van der Waals surface area contributed by atoms with Crippen molar-refractivity contribution in [3.63, 3.8) is 0 Å². The van der Waals surface area contributed by atoms with E-state index in [0.29, 0.717) is 54.4 Å². The van der Waals surface area contributed by atoms with Crippen molar-refractivity contribution in [3.8, 4) is 11.6 Å². The number of allylic oxidation sites excluding steroid dienone is 2. The molecule has 7 heteroatoms. The van der Waals surface area contributed by atoms with Crippen LogP contribution in [0.15, 0.2) is 41.9 Å². The summed E-state index contributed by atoms with van der Waals surface area (Å²) >= 11 is 0. The number of aryl methyl sites for hydroxylation is 1. The van der Waals surface area contributed by atoms with E-state index in [2.05, 4.69) is 18.8 Å². The minimum atomic E-state index is -0.354. The van der Waals surface area contributed by atoms with Gasteiger partial charge in [0.25, 0.3) is 0 Å². The van der Waals surface area contributed by atoms with Crippen LogP contribution >= 0.6 is 0 Å². The highest BCUT2D eigenvalue weighted by molar-refractivity contribution is 6.00. The van der Waals surface area contributed by atoms with Crippen LogP contribution < -0.4 is 19.8 Å². The van der Waals surface area contributed by atoms with Crippen molar-refractivity contribution < 1.29 is 23.9 Å². The summed E-state index contributed by atoms with van der Waals surface area (Å²) < 4.78 is 13.3. The summed E-state index contributed by atoms with van der Waals surface area (Å²) in [6.45, 7) is 4.74. The molecule has 1 aromatic carbocycles. The number of ketones is 1. The number of hydrogen-bond acceptors (Lipinski definition) is 6. The molecule has 2 aliphatic rings. The van der Waals surface area contributed by atoms with E-state index < -0.39 is 0 Å². The normalized spacial score (nSPS) is 19.7. The minimum absolute atomic E-state index is 0.0603. The van der Waals surface area contributed by atoms with Gasteiger partial charge in [-0.3, -0.25) is 4.79 Å². The van der Waals surface area contributed by atoms with Crippen LogP contribution in [0.2, 0.25) is 0 Å². The number of aliphatic hydroxyl groups is 1. The lowest BCUT2D eigenvalue weighted by Crippen LogP contribution is -2.41. The molecule has 4 rings (SSSR count). The van der Waals surface area contributed by atoms with E-state index >= 15 is 0 Å². The van der Waals surface area contributed by atoms with Crippen LogP contribution in [0.3, 0.4) is 0 Å². The lowest BCUT2D eigenvalue weighted by Gasteiger charge is -2.37. The van der Waals surface area contributed by atoms with Gasteiger partial charge in [-0.15, -0.1) is 0 Å². The molecular formula is C23H28N3O4+. The average Bonchev–Trinajstić information content (AvgIpc) is 2.71. The zero-order valence-corrected chi connectivity index (χ0v) is 17.6. The summed E-state index contributed by atoms with van der Waals surface area (Å²) in [6.07, 6.45) is 3.32. The predicted molar refractivity (Wildman–Crippen MR) is 111 cm³/mol. The van der Waals surface area contributed by atoms with E-state index in [-0.39, 0.29) is 23.7 Å². The number of benzene rings is 1. The van der Waals surface area contributed by atoms with Crippen LogP contribution in [0.5, 0.6) is 11.6 Å². The van der Waals surface area contributed by atoms with Crippen molar-refractivity contribution in [1.82, 2.24) is 4.98 Å². The number of nitrogen functional groups attached to an aromatic ring is 1. The third-order valence-corrected chi connectivity index (χ3v) is 5.81. The average molecular weight is 410 g/mol. The second kappa shape index (κ2) is 7.72. The van der Waals surface area contributed by atoms with Crippen LogP contribution in [0, 0.1) is 5.41 Å². The predicted octanol–water partition coefficient (Wildman–Crippen LogP) is 2.51. The number of carbonyl (C=O) groups is 1. The molecule has 1 atom stereocenters. The number of methoxy groups -OCH3 is 1. The Labute approximate surface area is 176 Å². The van der Waals surface area contributed by atoms with Crippen LogP contribution in [0.25, 0.3) is 0 Å². The Hall–Kier alpha value is -2.93. The molecule has 2 aromatic rings. The first kappa shape index (κ1) is 20.3. The molecule has 3 N–H and O–H groups in total. The first-order chi connectivity index (χ1) is 14.3. The second-order valence-electron chi connectivity index (χ2n) is 8.71. The van der Waals surface area contributed by atoms with E-state index in [0.717, 1.165) is 11.3 Å². The minimum Gasteiger partial charge on any atom is -0.497 e. The molecule has 0 bridgehead atoms. The first-order valence-corrected chi connectivity index (χ1v) is 10.2.